The van der Waals surface area contributed by atoms with E-state index in [1.54, 1.807) is 0 Å². The SMILES string of the molecule is CCC1C[N]C(C)CN1. The Morgan fingerprint density at radius 2 is 2.44 bits per heavy atom. The largest absolute Gasteiger partial charge is 0.311 e. The van der Waals surface area contributed by atoms with Gasteiger partial charge in [-0.15, -0.1) is 0 Å². The second-order valence-corrected chi connectivity index (χ2v) is 2.73. The van der Waals surface area contributed by atoms with Crippen LogP contribution in [-0.4, -0.2) is 25.2 Å². The van der Waals surface area contributed by atoms with Crippen LogP contribution in [0.25, 0.3) is 0 Å². The minimum Gasteiger partial charge on any atom is -0.311 e. The van der Waals surface area contributed by atoms with Crippen LogP contribution >= 0.6 is 0 Å². The Morgan fingerprint density at radius 1 is 1.67 bits per heavy atom. The molecule has 1 aliphatic heterocycles. The van der Waals surface area contributed by atoms with Crippen LogP contribution in [-0.2, 0) is 0 Å². The molecule has 2 atom stereocenters. The molecule has 0 amide bonds. The third-order valence-corrected chi connectivity index (χ3v) is 1.83. The Labute approximate surface area is 57.0 Å². The molecule has 9 heavy (non-hydrogen) atoms. The molecule has 53 valence electrons. The quantitative estimate of drug-likeness (QED) is 0.541. The summed E-state index contributed by atoms with van der Waals surface area (Å²) < 4.78 is 0. The van der Waals surface area contributed by atoms with Crippen molar-refractivity contribution < 1.29 is 0 Å². The highest BCUT2D eigenvalue weighted by atomic mass is 15.1. The molecule has 0 saturated carbocycles. The average Bonchev–Trinajstić information content (AvgIpc) is 1.90. The number of hydrogen-bond donors (Lipinski definition) is 1. The second kappa shape index (κ2) is 3.18. The standard InChI is InChI=1S/C7H15N2/c1-3-7-5-8-6(2)4-9-7/h6-7,9H,3-5H2,1-2H3. The Balaban J connectivity index is 2.18. The van der Waals surface area contributed by atoms with Crippen molar-refractivity contribution in [1.29, 1.82) is 0 Å². The zero-order chi connectivity index (χ0) is 6.69. The van der Waals surface area contributed by atoms with Crippen molar-refractivity contribution in [3.63, 3.8) is 0 Å². The minimum absolute atomic E-state index is 0.535. The van der Waals surface area contributed by atoms with Crippen LogP contribution in [0.1, 0.15) is 20.3 Å². The first-order chi connectivity index (χ1) is 4.33. The van der Waals surface area contributed by atoms with Crippen LogP contribution in [0.5, 0.6) is 0 Å². The molecule has 1 aliphatic rings. The first-order valence-corrected chi connectivity index (χ1v) is 3.73. The Kier molecular flexibility index (Phi) is 2.49. The molecule has 0 aromatic carbocycles. The summed E-state index contributed by atoms with van der Waals surface area (Å²) in [6.45, 7) is 6.43. The van der Waals surface area contributed by atoms with Crippen LogP contribution in [0.4, 0.5) is 0 Å². The van der Waals surface area contributed by atoms with Gasteiger partial charge in [0.05, 0.1) is 0 Å². The van der Waals surface area contributed by atoms with Crippen molar-refractivity contribution in [3.05, 3.63) is 0 Å². The molecule has 1 radical (unpaired) electrons. The lowest BCUT2D eigenvalue weighted by Gasteiger charge is -2.26. The molecule has 0 aromatic heterocycles. The van der Waals surface area contributed by atoms with Crippen LogP contribution in [0.2, 0.25) is 0 Å². The summed E-state index contributed by atoms with van der Waals surface area (Å²) in [6.07, 6.45) is 1.20. The highest BCUT2D eigenvalue weighted by Crippen LogP contribution is 1.97. The summed E-state index contributed by atoms with van der Waals surface area (Å²) in [5.74, 6) is 0. The minimum atomic E-state index is 0.535. The summed E-state index contributed by atoms with van der Waals surface area (Å²) in [5.41, 5.74) is 0. The molecule has 2 nitrogen and oxygen atoms in total. The molecule has 1 saturated heterocycles. The summed E-state index contributed by atoms with van der Waals surface area (Å²) in [4.78, 5) is 0. The predicted octanol–water partition coefficient (Wildman–Crippen LogP) is 0.361. The molecule has 0 aromatic rings. The van der Waals surface area contributed by atoms with Crippen molar-refractivity contribution in [2.75, 3.05) is 13.1 Å². The van der Waals surface area contributed by atoms with E-state index in [0.29, 0.717) is 12.1 Å². The molecule has 0 bridgehead atoms. The zero-order valence-corrected chi connectivity index (χ0v) is 6.22. The number of hydrogen-bond acceptors (Lipinski definition) is 1. The third kappa shape index (κ3) is 1.95. The molecular formula is C7H15N2. The molecule has 1 rings (SSSR count). The fourth-order valence-corrected chi connectivity index (χ4v) is 1.05. The summed E-state index contributed by atoms with van der Waals surface area (Å²) >= 11 is 0. The fourth-order valence-electron chi connectivity index (χ4n) is 1.05. The Bertz CT molecular complexity index is 75.0. The monoisotopic (exact) mass is 127 g/mol. The van der Waals surface area contributed by atoms with E-state index in [1.165, 1.54) is 6.42 Å². The van der Waals surface area contributed by atoms with Gasteiger partial charge >= 0.3 is 0 Å². The zero-order valence-electron chi connectivity index (χ0n) is 6.22. The van der Waals surface area contributed by atoms with Gasteiger partial charge in [-0.2, -0.15) is 0 Å². The van der Waals surface area contributed by atoms with Crippen molar-refractivity contribution in [3.8, 4) is 0 Å². The molecule has 0 spiro atoms. The number of nitrogens with one attached hydrogen (secondary N) is 1. The number of piperazine rings is 1. The fraction of sp³-hybridized carbons (Fsp3) is 1.00. The van der Waals surface area contributed by atoms with Crippen molar-refractivity contribution in [2.45, 2.75) is 32.4 Å². The molecular weight excluding hydrogens is 112 g/mol. The van der Waals surface area contributed by atoms with E-state index in [1.807, 2.05) is 0 Å². The van der Waals surface area contributed by atoms with Crippen LogP contribution in [0, 0.1) is 0 Å². The van der Waals surface area contributed by atoms with Crippen LogP contribution in [0.15, 0.2) is 0 Å². The van der Waals surface area contributed by atoms with Gasteiger partial charge in [0, 0.05) is 25.2 Å². The smallest absolute Gasteiger partial charge is 0.0343 e. The molecule has 2 unspecified atom stereocenters. The van der Waals surface area contributed by atoms with Gasteiger partial charge < -0.3 is 5.32 Å². The van der Waals surface area contributed by atoms with E-state index in [-0.39, 0.29) is 0 Å². The maximum atomic E-state index is 4.42. The van der Waals surface area contributed by atoms with Gasteiger partial charge in [0.1, 0.15) is 0 Å². The first-order valence-electron chi connectivity index (χ1n) is 3.73. The van der Waals surface area contributed by atoms with Crippen molar-refractivity contribution in [1.82, 2.24) is 10.6 Å². The lowest BCUT2D eigenvalue weighted by molar-refractivity contribution is 0.347. The van der Waals surface area contributed by atoms with E-state index >= 15 is 0 Å². The number of rotatable bonds is 1. The summed E-state index contributed by atoms with van der Waals surface area (Å²) in [7, 11) is 0. The normalized spacial score (nSPS) is 36.7. The topological polar surface area (TPSA) is 26.1 Å². The Morgan fingerprint density at radius 3 is 2.89 bits per heavy atom. The maximum Gasteiger partial charge on any atom is 0.0343 e. The van der Waals surface area contributed by atoms with Gasteiger partial charge in [-0.3, -0.25) is 0 Å². The molecule has 1 heterocycles. The summed E-state index contributed by atoms with van der Waals surface area (Å²) in [5, 5.41) is 7.84. The molecule has 1 N–H and O–H groups in total. The highest BCUT2D eigenvalue weighted by molar-refractivity contribution is 4.78. The van der Waals surface area contributed by atoms with Crippen LogP contribution in [0.3, 0.4) is 0 Å². The maximum absolute atomic E-state index is 4.42. The lowest BCUT2D eigenvalue weighted by atomic mass is 10.1. The Hall–Kier alpha value is -0.0800. The van der Waals surface area contributed by atoms with E-state index in [0.717, 1.165) is 13.1 Å². The third-order valence-electron chi connectivity index (χ3n) is 1.83. The van der Waals surface area contributed by atoms with E-state index in [2.05, 4.69) is 24.5 Å². The van der Waals surface area contributed by atoms with Gasteiger partial charge in [-0.05, 0) is 13.3 Å². The molecule has 2 heteroatoms. The van der Waals surface area contributed by atoms with E-state index < -0.39 is 0 Å². The number of nitrogens with zero attached hydrogens (tertiary/aromatic N) is 1. The summed E-state index contributed by atoms with van der Waals surface area (Å²) in [6, 6.07) is 1.19. The average molecular weight is 127 g/mol. The van der Waals surface area contributed by atoms with Crippen LogP contribution < -0.4 is 10.6 Å². The van der Waals surface area contributed by atoms with Gasteiger partial charge in [0.25, 0.3) is 0 Å². The van der Waals surface area contributed by atoms with Crippen molar-refractivity contribution in [2.24, 2.45) is 0 Å². The van der Waals surface area contributed by atoms with Gasteiger partial charge in [-0.25, -0.2) is 5.32 Å². The highest BCUT2D eigenvalue weighted by Gasteiger charge is 2.14. The predicted molar refractivity (Wildman–Crippen MR) is 38.5 cm³/mol. The van der Waals surface area contributed by atoms with Gasteiger partial charge in [0.15, 0.2) is 0 Å². The van der Waals surface area contributed by atoms with Gasteiger partial charge in [0.2, 0.25) is 0 Å². The van der Waals surface area contributed by atoms with Crippen molar-refractivity contribution >= 4 is 0 Å². The molecule has 1 fully saturated rings. The molecule has 0 aliphatic carbocycles. The van der Waals surface area contributed by atoms with Gasteiger partial charge in [-0.1, -0.05) is 6.92 Å². The van der Waals surface area contributed by atoms with E-state index in [4.69, 9.17) is 0 Å². The lowest BCUT2D eigenvalue weighted by Crippen LogP contribution is -2.49. The van der Waals surface area contributed by atoms with E-state index in [9.17, 15) is 0 Å². The first kappa shape index (κ1) is 7.03. The second-order valence-electron chi connectivity index (χ2n) is 2.73.